The fraction of sp³-hybridized carbons (Fsp3) is 0.290. The van der Waals surface area contributed by atoms with Gasteiger partial charge in [-0.15, -0.1) is 0 Å². The molecule has 0 radical (unpaired) electrons. The number of pyridine rings is 2. The molecule has 3 heterocycles. The van der Waals surface area contributed by atoms with E-state index in [2.05, 4.69) is 9.74 Å². The van der Waals surface area contributed by atoms with Crippen molar-refractivity contribution in [1.82, 2.24) is 14.9 Å². The minimum atomic E-state index is -1.01. The Bertz CT molecular complexity index is 1530. The van der Waals surface area contributed by atoms with Crippen LogP contribution in [0.3, 0.4) is 0 Å². The molecule has 0 spiro atoms. The zero-order valence-corrected chi connectivity index (χ0v) is 22.5. The van der Waals surface area contributed by atoms with E-state index in [1.54, 1.807) is 12.0 Å². The van der Waals surface area contributed by atoms with E-state index in [9.17, 15) is 9.90 Å². The largest absolute Gasteiger partial charge is 0.495 e. The summed E-state index contributed by atoms with van der Waals surface area (Å²) in [4.78, 5) is 29.5. The molecule has 0 saturated carbocycles. The van der Waals surface area contributed by atoms with Gasteiger partial charge < -0.3 is 19.6 Å². The Kier molecular flexibility index (Phi) is 7.18. The lowest BCUT2D eigenvalue weighted by molar-refractivity contribution is -0.144. The van der Waals surface area contributed by atoms with Gasteiger partial charge in [-0.1, -0.05) is 36.4 Å². The number of amides is 1. The monoisotopic (exact) mass is 521 g/mol. The molecule has 3 atom stereocenters. The number of anilines is 1. The molecule has 2 aromatic heterocycles. The number of hydrogen-bond donors (Lipinski definition) is 1. The third kappa shape index (κ3) is 4.89. The Labute approximate surface area is 228 Å². The third-order valence-corrected chi connectivity index (χ3v) is 7.27. The minimum absolute atomic E-state index is 0.0473. The van der Waals surface area contributed by atoms with E-state index in [1.807, 2.05) is 80.8 Å². The van der Waals surface area contributed by atoms with Crippen LogP contribution >= 0.6 is 0 Å². The van der Waals surface area contributed by atoms with Crippen LogP contribution in [0.25, 0.3) is 38.0 Å². The van der Waals surface area contributed by atoms with Crippen LogP contribution in [-0.4, -0.2) is 64.3 Å². The highest BCUT2D eigenvalue weighted by molar-refractivity contribution is 6.00. The van der Waals surface area contributed by atoms with E-state index in [0.29, 0.717) is 18.8 Å². The number of piperazine rings is 1. The highest BCUT2D eigenvalue weighted by Crippen LogP contribution is 2.39. The van der Waals surface area contributed by atoms with Crippen LogP contribution in [0, 0.1) is 6.57 Å². The van der Waals surface area contributed by atoms with Gasteiger partial charge in [0.2, 0.25) is 0 Å². The summed E-state index contributed by atoms with van der Waals surface area (Å²) in [6, 6.07) is 17.4. The van der Waals surface area contributed by atoms with E-state index in [0.717, 1.165) is 44.7 Å². The second-order valence-electron chi connectivity index (χ2n) is 10.00. The quantitative estimate of drug-likeness (QED) is 0.358. The molecule has 2 aromatic carbocycles. The first-order valence-corrected chi connectivity index (χ1v) is 13.0. The number of fused-ring (bicyclic) bond motifs is 1. The average Bonchev–Trinajstić information content (AvgIpc) is 2.95. The number of hydrogen-bond acceptors (Lipinski definition) is 6. The van der Waals surface area contributed by atoms with E-state index < -0.39 is 6.10 Å². The Morgan fingerprint density at radius 1 is 1.00 bits per heavy atom. The average molecular weight is 522 g/mol. The van der Waals surface area contributed by atoms with Crippen molar-refractivity contribution in [3.8, 4) is 28.0 Å². The maximum atomic E-state index is 12.5. The smallest absolute Gasteiger partial charge is 0.251 e. The first-order valence-electron chi connectivity index (χ1n) is 13.0. The predicted molar refractivity (Wildman–Crippen MR) is 153 cm³/mol. The number of nitrogens with zero attached hydrogens (tertiary/aromatic N) is 5. The molecule has 1 aliphatic heterocycles. The van der Waals surface area contributed by atoms with Crippen LogP contribution in [-0.2, 0) is 4.79 Å². The lowest BCUT2D eigenvalue weighted by Gasteiger charge is -2.45. The van der Waals surface area contributed by atoms with Crippen molar-refractivity contribution in [2.24, 2.45) is 0 Å². The summed E-state index contributed by atoms with van der Waals surface area (Å²) < 4.78 is 5.89. The summed E-state index contributed by atoms with van der Waals surface area (Å²) in [5.74, 6) is 1.32. The van der Waals surface area contributed by atoms with Gasteiger partial charge in [0, 0.05) is 59.6 Å². The topological polar surface area (TPSA) is 83.2 Å². The maximum Gasteiger partial charge on any atom is 0.251 e. The predicted octanol–water partition coefficient (Wildman–Crippen LogP) is 5.33. The van der Waals surface area contributed by atoms with Crippen molar-refractivity contribution in [3.05, 3.63) is 78.4 Å². The van der Waals surface area contributed by atoms with Crippen molar-refractivity contribution in [3.63, 3.8) is 0 Å². The SMILES string of the molecule is [C-]#[N+]c1ccc(-c2cccc3c(OC)c(-c4ccc(N5C[C@@H](C)N(C(=O)C(C)O)[C@@H](C)C5)nc4)cnc23)cc1. The molecule has 1 saturated heterocycles. The second kappa shape index (κ2) is 10.7. The Balaban J connectivity index is 1.44. The van der Waals surface area contributed by atoms with Crippen molar-refractivity contribution in [1.29, 1.82) is 0 Å². The fourth-order valence-electron chi connectivity index (χ4n) is 5.47. The summed E-state index contributed by atoms with van der Waals surface area (Å²) >= 11 is 0. The van der Waals surface area contributed by atoms with Gasteiger partial charge in [-0.05, 0) is 44.5 Å². The standard InChI is InChI=1S/C31H31N5O3/c1-19-17-35(18-20(2)36(19)31(38)21(3)37)28-14-11-23(15-33-28)27-16-34-29-25(7-6-8-26(29)30(27)39-5)22-9-12-24(32-4)13-10-22/h6-16,19-21,37H,17-18H2,1-3,5H3/t19-,20+,21?. The summed E-state index contributed by atoms with van der Waals surface area (Å²) in [6.45, 7) is 14.0. The molecule has 39 heavy (non-hydrogen) atoms. The number of methoxy groups -OCH3 is 1. The van der Waals surface area contributed by atoms with E-state index in [4.69, 9.17) is 21.3 Å². The number of rotatable bonds is 5. The van der Waals surface area contributed by atoms with E-state index >= 15 is 0 Å². The van der Waals surface area contributed by atoms with Crippen LogP contribution in [0.4, 0.5) is 11.5 Å². The number of benzene rings is 2. The van der Waals surface area contributed by atoms with Crippen LogP contribution < -0.4 is 9.64 Å². The minimum Gasteiger partial charge on any atom is -0.495 e. The van der Waals surface area contributed by atoms with Gasteiger partial charge in [0.25, 0.3) is 5.91 Å². The summed E-state index contributed by atoms with van der Waals surface area (Å²) in [5.41, 5.74) is 5.12. The highest BCUT2D eigenvalue weighted by atomic mass is 16.5. The van der Waals surface area contributed by atoms with Gasteiger partial charge in [-0.2, -0.15) is 0 Å². The Hall–Kier alpha value is -4.48. The van der Waals surface area contributed by atoms with Gasteiger partial charge >= 0.3 is 0 Å². The lowest BCUT2D eigenvalue weighted by Crippen LogP contribution is -2.60. The molecule has 8 nitrogen and oxygen atoms in total. The third-order valence-electron chi connectivity index (χ3n) is 7.27. The first kappa shape index (κ1) is 26.1. The van der Waals surface area contributed by atoms with Gasteiger partial charge in [0.05, 0.1) is 19.2 Å². The van der Waals surface area contributed by atoms with Crippen LogP contribution in [0.2, 0.25) is 0 Å². The number of carbonyl (C=O) groups is 1. The maximum absolute atomic E-state index is 12.5. The number of carbonyl (C=O) groups excluding carboxylic acids is 1. The first-order chi connectivity index (χ1) is 18.8. The summed E-state index contributed by atoms with van der Waals surface area (Å²) in [7, 11) is 1.66. The molecular formula is C31H31N5O3. The van der Waals surface area contributed by atoms with Gasteiger partial charge in [0.15, 0.2) is 5.69 Å². The van der Waals surface area contributed by atoms with Gasteiger partial charge in [-0.25, -0.2) is 9.83 Å². The Morgan fingerprint density at radius 3 is 2.28 bits per heavy atom. The number of para-hydroxylation sites is 1. The van der Waals surface area contributed by atoms with Crippen LogP contribution in [0.5, 0.6) is 5.75 Å². The molecule has 0 aliphatic carbocycles. The molecule has 0 bridgehead atoms. The molecule has 8 heteroatoms. The number of aliphatic hydroxyl groups excluding tert-OH is 1. The molecule has 1 amide bonds. The van der Waals surface area contributed by atoms with Gasteiger partial charge in [0.1, 0.15) is 17.7 Å². The Morgan fingerprint density at radius 2 is 1.69 bits per heavy atom. The van der Waals surface area contributed by atoms with E-state index in [1.165, 1.54) is 6.92 Å². The molecule has 1 aliphatic rings. The molecule has 1 fully saturated rings. The molecular weight excluding hydrogens is 490 g/mol. The normalized spacial score (nSPS) is 18.1. The number of aromatic nitrogens is 2. The molecule has 5 rings (SSSR count). The molecule has 4 aromatic rings. The lowest BCUT2D eigenvalue weighted by atomic mass is 9.99. The molecule has 198 valence electrons. The van der Waals surface area contributed by atoms with E-state index in [-0.39, 0.29) is 18.0 Å². The number of aliphatic hydroxyl groups is 1. The zero-order chi connectivity index (χ0) is 27.7. The summed E-state index contributed by atoms with van der Waals surface area (Å²) in [5, 5.41) is 10.7. The highest BCUT2D eigenvalue weighted by Gasteiger charge is 2.34. The van der Waals surface area contributed by atoms with Crippen molar-refractivity contribution >= 4 is 28.3 Å². The van der Waals surface area contributed by atoms with Crippen LogP contribution in [0.15, 0.2) is 67.0 Å². The number of ether oxygens (including phenoxy) is 1. The van der Waals surface area contributed by atoms with Gasteiger partial charge in [-0.3, -0.25) is 9.78 Å². The van der Waals surface area contributed by atoms with Crippen molar-refractivity contribution < 1.29 is 14.6 Å². The van der Waals surface area contributed by atoms with Crippen molar-refractivity contribution in [2.75, 3.05) is 25.1 Å². The van der Waals surface area contributed by atoms with Crippen molar-refractivity contribution in [2.45, 2.75) is 39.0 Å². The summed E-state index contributed by atoms with van der Waals surface area (Å²) in [6.07, 6.45) is 2.64. The fourth-order valence-corrected chi connectivity index (χ4v) is 5.47. The molecule has 1 unspecified atom stereocenters. The van der Waals surface area contributed by atoms with Crippen LogP contribution in [0.1, 0.15) is 20.8 Å². The zero-order valence-electron chi connectivity index (χ0n) is 22.5. The molecule has 1 N–H and O–H groups in total. The second-order valence-corrected chi connectivity index (χ2v) is 10.00.